The first kappa shape index (κ1) is 14.2. The topological polar surface area (TPSA) is 54.2 Å². The molecular formula is C16H20N4S. The third-order valence-corrected chi connectivity index (χ3v) is 4.26. The Bertz CT molecular complexity index is 670. The van der Waals surface area contributed by atoms with Crippen LogP contribution in [0.1, 0.15) is 12.0 Å². The zero-order valence-corrected chi connectivity index (χ0v) is 13.0. The molecule has 0 saturated carbocycles. The van der Waals surface area contributed by atoms with Crippen LogP contribution in [0.5, 0.6) is 0 Å². The molecule has 2 aromatic rings. The van der Waals surface area contributed by atoms with E-state index >= 15 is 0 Å². The summed E-state index contributed by atoms with van der Waals surface area (Å²) in [5.74, 6) is 1.46. The van der Waals surface area contributed by atoms with Gasteiger partial charge < -0.3 is 16.0 Å². The number of benzene rings is 1. The average Bonchev–Trinajstić information content (AvgIpc) is 2.89. The van der Waals surface area contributed by atoms with E-state index in [4.69, 9.17) is 18.0 Å². The number of pyridine rings is 1. The van der Waals surface area contributed by atoms with Crippen molar-refractivity contribution in [2.75, 3.05) is 32.0 Å². The van der Waals surface area contributed by atoms with E-state index in [9.17, 15) is 0 Å². The highest BCUT2D eigenvalue weighted by molar-refractivity contribution is 7.80. The van der Waals surface area contributed by atoms with Gasteiger partial charge >= 0.3 is 0 Å². The van der Waals surface area contributed by atoms with Crippen molar-refractivity contribution in [2.45, 2.75) is 6.42 Å². The van der Waals surface area contributed by atoms with E-state index in [-0.39, 0.29) is 0 Å². The number of nitrogens with two attached hydrogens (primary N) is 1. The van der Waals surface area contributed by atoms with Gasteiger partial charge in [-0.05, 0) is 38.1 Å². The molecule has 1 aromatic carbocycles. The summed E-state index contributed by atoms with van der Waals surface area (Å²) >= 11 is 5.17. The van der Waals surface area contributed by atoms with Crippen LogP contribution in [0.4, 0.5) is 5.82 Å². The van der Waals surface area contributed by atoms with Gasteiger partial charge in [-0.25, -0.2) is 4.98 Å². The molecular weight excluding hydrogens is 280 g/mol. The van der Waals surface area contributed by atoms with Gasteiger partial charge in [0.2, 0.25) is 0 Å². The minimum Gasteiger partial charge on any atom is -0.389 e. The number of hydrogen-bond acceptors (Lipinski definition) is 4. The van der Waals surface area contributed by atoms with Gasteiger partial charge in [0.05, 0.1) is 11.1 Å². The smallest absolute Gasteiger partial charge is 0.136 e. The molecule has 1 atom stereocenters. The van der Waals surface area contributed by atoms with E-state index in [0.29, 0.717) is 10.9 Å². The molecule has 0 amide bonds. The maximum absolute atomic E-state index is 5.85. The summed E-state index contributed by atoms with van der Waals surface area (Å²) < 4.78 is 0. The van der Waals surface area contributed by atoms with Gasteiger partial charge in [-0.1, -0.05) is 30.4 Å². The highest BCUT2D eigenvalue weighted by Crippen LogP contribution is 2.22. The van der Waals surface area contributed by atoms with Crippen LogP contribution in [0.15, 0.2) is 30.3 Å². The molecule has 1 aromatic heterocycles. The Morgan fingerprint density at radius 2 is 2.29 bits per heavy atom. The summed E-state index contributed by atoms with van der Waals surface area (Å²) in [5.41, 5.74) is 7.64. The Labute approximate surface area is 130 Å². The first-order chi connectivity index (χ1) is 10.1. The van der Waals surface area contributed by atoms with Crippen LogP contribution < -0.4 is 11.1 Å². The van der Waals surface area contributed by atoms with Crippen molar-refractivity contribution in [1.82, 2.24) is 9.88 Å². The van der Waals surface area contributed by atoms with Gasteiger partial charge in [-0.2, -0.15) is 0 Å². The lowest BCUT2D eigenvalue weighted by Crippen LogP contribution is -2.21. The van der Waals surface area contributed by atoms with Gasteiger partial charge in [0.25, 0.3) is 0 Å². The molecule has 3 rings (SSSR count). The van der Waals surface area contributed by atoms with Crippen LogP contribution >= 0.6 is 12.2 Å². The van der Waals surface area contributed by atoms with Gasteiger partial charge in [0.1, 0.15) is 10.8 Å². The van der Waals surface area contributed by atoms with Crippen LogP contribution in [0.2, 0.25) is 0 Å². The van der Waals surface area contributed by atoms with Crippen LogP contribution in [0, 0.1) is 5.92 Å². The van der Waals surface area contributed by atoms with Crippen molar-refractivity contribution in [3.05, 3.63) is 35.9 Å². The first-order valence-electron chi connectivity index (χ1n) is 7.25. The second-order valence-corrected chi connectivity index (χ2v) is 6.18. The van der Waals surface area contributed by atoms with E-state index < -0.39 is 0 Å². The first-order valence-corrected chi connectivity index (χ1v) is 7.66. The van der Waals surface area contributed by atoms with Gasteiger partial charge in [-0.15, -0.1) is 0 Å². The van der Waals surface area contributed by atoms with Crippen molar-refractivity contribution >= 4 is 33.9 Å². The Hall–Kier alpha value is -1.72. The van der Waals surface area contributed by atoms with Crippen molar-refractivity contribution < 1.29 is 0 Å². The second-order valence-electron chi connectivity index (χ2n) is 5.74. The van der Waals surface area contributed by atoms with Gasteiger partial charge in [-0.3, -0.25) is 0 Å². The predicted molar refractivity (Wildman–Crippen MR) is 91.7 cm³/mol. The largest absolute Gasteiger partial charge is 0.389 e. The Morgan fingerprint density at radius 3 is 3.00 bits per heavy atom. The third kappa shape index (κ3) is 3.14. The number of rotatable bonds is 4. The minimum atomic E-state index is 0.388. The van der Waals surface area contributed by atoms with Crippen LogP contribution in [0.25, 0.3) is 10.9 Å². The fourth-order valence-electron chi connectivity index (χ4n) is 2.87. The number of aromatic nitrogens is 1. The number of anilines is 1. The fourth-order valence-corrected chi connectivity index (χ4v) is 3.03. The molecule has 4 nitrogen and oxygen atoms in total. The number of nitrogens with one attached hydrogen (secondary N) is 1. The number of nitrogens with zero attached hydrogens (tertiary/aromatic N) is 2. The number of para-hydroxylation sites is 1. The van der Waals surface area contributed by atoms with Crippen LogP contribution in [-0.2, 0) is 0 Å². The molecule has 0 aliphatic carbocycles. The maximum atomic E-state index is 5.85. The molecule has 110 valence electrons. The number of likely N-dealkylation sites (tertiary alicyclic amines) is 1. The minimum absolute atomic E-state index is 0.388. The van der Waals surface area contributed by atoms with Crippen molar-refractivity contribution in [2.24, 2.45) is 11.7 Å². The monoisotopic (exact) mass is 300 g/mol. The summed E-state index contributed by atoms with van der Waals surface area (Å²) in [5, 5.41) is 4.51. The molecule has 1 aliphatic rings. The zero-order valence-electron chi connectivity index (χ0n) is 12.2. The highest BCUT2D eigenvalue weighted by atomic mass is 32.1. The molecule has 3 N–H and O–H groups in total. The number of thiocarbonyl (C=S) groups is 1. The summed E-state index contributed by atoms with van der Waals surface area (Å²) in [6.45, 7) is 3.20. The van der Waals surface area contributed by atoms with Crippen molar-refractivity contribution in [3.8, 4) is 0 Å². The molecule has 0 bridgehead atoms. The summed E-state index contributed by atoms with van der Waals surface area (Å²) in [7, 11) is 2.16. The standard InChI is InChI=1S/C16H20N4S/c1-20-7-6-11(10-20)9-18-16-13(15(17)21)8-12-4-2-3-5-14(12)19-16/h2-5,8,11H,6-7,9-10H2,1H3,(H2,17,21)(H,18,19). The predicted octanol–water partition coefficient (Wildman–Crippen LogP) is 2.23. The van der Waals surface area contributed by atoms with E-state index in [0.717, 1.165) is 35.4 Å². The molecule has 2 heterocycles. The molecule has 0 spiro atoms. The SMILES string of the molecule is CN1CCC(CNc2nc3ccccc3cc2C(N)=S)C1. The lowest BCUT2D eigenvalue weighted by Gasteiger charge is -2.15. The fraction of sp³-hybridized carbons (Fsp3) is 0.375. The van der Waals surface area contributed by atoms with Crippen molar-refractivity contribution in [3.63, 3.8) is 0 Å². The molecule has 21 heavy (non-hydrogen) atoms. The van der Waals surface area contributed by atoms with Gasteiger partial charge in [0.15, 0.2) is 0 Å². The summed E-state index contributed by atoms with van der Waals surface area (Å²) in [6, 6.07) is 10.0. The van der Waals surface area contributed by atoms with Gasteiger partial charge in [0, 0.05) is 18.5 Å². The Kier molecular flexibility index (Phi) is 4.03. The average molecular weight is 300 g/mol. The molecule has 1 unspecified atom stereocenters. The lowest BCUT2D eigenvalue weighted by molar-refractivity contribution is 0.399. The lowest BCUT2D eigenvalue weighted by atomic mass is 10.1. The molecule has 1 fully saturated rings. The zero-order chi connectivity index (χ0) is 14.8. The second kappa shape index (κ2) is 5.95. The Balaban J connectivity index is 1.85. The van der Waals surface area contributed by atoms with E-state index in [1.165, 1.54) is 13.0 Å². The number of hydrogen-bond donors (Lipinski definition) is 2. The Morgan fingerprint density at radius 1 is 1.48 bits per heavy atom. The van der Waals surface area contributed by atoms with Crippen LogP contribution in [0.3, 0.4) is 0 Å². The number of fused-ring (bicyclic) bond motifs is 1. The molecule has 5 heteroatoms. The highest BCUT2D eigenvalue weighted by Gasteiger charge is 2.20. The third-order valence-electron chi connectivity index (χ3n) is 4.04. The van der Waals surface area contributed by atoms with E-state index in [1.807, 2.05) is 30.3 Å². The molecule has 1 aliphatic heterocycles. The van der Waals surface area contributed by atoms with Crippen LogP contribution in [-0.4, -0.2) is 41.6 Å². The quantitative estimate of drug-likeness (QED) is 0.848. The maximum Gasteiger partial charge on any atom is 0.136 e. The molecule has 1 saturated heterocycles. The van der Waals surface area contributed by atoms with E-state index in [1.54, 1.807) is 0 Å². The van der Waals surface area contributed by atoms with Crippen molar-refractivity contribution in [1.29, 1.82) is 0 Å². The summed E-state index contributed by atoms with van der Waals surface area (Å²) in [6.07, 6.45) is 1.22. The normalized spacial score (nSPS) is 19.0. The molecule has 0 radical (unpaired) electrons. The van der Waals surface area contributed by atoms with E-state index in [2.05, 4.69) is 22.2 Å². The summed E-state index contributed by atoms with van der Waals surface area (Å²) in [4.78, 5) is 7.43.